The molecule has 2 unspecified atom stereocenters. The SMILES string of the molecule is CN=C(NCCCOC)NCC1CCCOC1C(C)(C)C. The Kier molecular flexibility index (Phi) is 8.04. The number of methoxy groups -OCH3 is 1. The lowest BCUT2D eigenvalue weighted by Crippen LogP contribution is -2.47. The van der Waals surface area contributed by atoms with E-state index in [2.05, 4.69) is 36.4 Å². The second-order valence-electron chi connectivity index (χ2n) is 6.79. The van der Waals surface area contributed by atoms with Gasteiger partial charge in [0.2, 0.25) is 0 Å². The average Bonchev–Trinajstić information content (AvgIpc) is 2.46. The first-order valence-electron chi connectivity index (χ1n) is 8.04. The predicted molar refractivity (Wildman–Crippen MR) is 87.8 cm³/mol. The summed E-state index contributed by atoms with van der Waals surface area (Å²) in [6, 6.07) is 0. The zero-order valence-corrected chi connectivity index (χ0v) is 14.4. The molecule has 1 aliphatic rings. The lowest BCUT2D eigenvalue weighted by Gasteiger charge is -2.40. The van der Waals surface area contributed by atoms with Gasteiger partial charge in [-0.05, 0) is 24.7 Å². The highest BCUT2D eigenvalue weighted by Crippen LogP contribution is 2.33. The molecule has 1 rings (SSSR count). The topological polar surface area (TPSA) is 54.9 Å². The van der Waals surface area contributed by atoms with E-state index in [1.54, 1.807) is 7.11 Å². The van der Waals surface area contributed by atoms with Gasteiger partial charge in [0.15, 0.2) is 5.96 Å². The maximum absolute atomic E-state index is 6.02. The molecule has 0 spiro atoms. The number of hydrogen-bond donors (Lipinski definition) is 2. The third-order valence-electron chi connectivity index (χ3n) is 3.87. The Bertz CT molecular complexity index is 313. The van der Waals surface area contributed by atoms with Gasteiger partial charge in [0, 0.05) is 46.4 Å². The summed E-state index contributed by atoms with van der Waals surface area (Å²) in [7, 11) is 3.53. The minimum absolute atomic E-state index is 0.183. The third kappa shape index (κ3) is 6.66. The fourth-order valence-corrected chi connectivity index (χ4v) is 2.88. The molecule has 0 saturated carbocycles. The van der Waals surface area contributed by atoms with E-state index in [4.69, 9.17) is 9.47 Å². The van der Waals surface area contributed by atoms with Crippen LogP contribution < -0.4 is 10.6 Å². The highest BCUT2D eigenvalue weighted by Gasteiger charge is 2.35. The number of rotatable bonds is 6. The van der Waals surface area contributed by atoms with E-state index in [1.165, 1.54) is 6.42 Å². The van der Waals surface area contributed by atoms with Gasteiger partial charge in [-0.1, -0.05) is 20.8 Å². The van der Waals surface area contributed by atoms with Crippen molar-refractivity contribution in [3.63, 3.8) is 0 Å². The normalized spacial score (nSPS) is 24.0. The van der Waals surface area contributed by atoms with Crippen molar-refractivity contribution in [3.05, 3.63) is 0 Å². The molecule has 2 N–H and O–H groups in total. The maximum Gasteiger partial charge on any atom is 0.190 e. The van der Waals surface area contributed by atoms with Crippen LogP contribution in [0.2, 0.25) is 0 Å². The summed E-state index contributed by atoms with van der Waals surface area (Å²) in [6.45, 7) is 10.2. The monoisotopic (exact) mass is 299 g/mol. The lowest BCUT2D eigenvalue weighted by molar-refractivity contribution is -0.0835. The summed E-state index contributed by atoms with van der Waals surface area (Å²) in [5, 5.41) is 6.75. The van der Waals surface area contributed by atoms with Crippen molar-refractivity contribution in [3.8, 4) is 0 Å². The minimum atomic E-state index is 0.183. The van der Waals surface area contributed by atoms with Crippen LogP contribution in [-0.2, 0) is 9.47 Å². The molecule has 0 radical (unpaired) electrons. The number of nitrogens with zero attached hydrogens (tertiary/aromatic N) is 1. The van der Waals surface area contributed by atoms with Gasteiger partial charge in [-0.25, -0.2) is 0 Å². The van der Waals surface area contributed by atoms with Crippen LogP contribution in [0.3, 0.4) is 0 Å². The van der Waals surface area contributed by atoms with Crippen molar-refractivity contribution >= 4 is 5.96 Å². The van der Waals surface area contributed by atoms with Crippen LogP contribution in [0.25, 0.3) is 0 Å². The summed E-state index contributed by atoms with van der Waals surface area (Å²) in [4.78, 5) is 4.27. The van der Waals surface area contributed by atoms with Crippen molar-refractivity contribution < 1.29 is 9.47 Å². The van der Waals surface area contributed by atoms with Crippen molar-refractivity contribution in [1.29, 1.82) is 0 Å². The van der Waals surface area contributed by atoms with E-state index in [1.807, 2.05) is 7.05 Å². The standard InChI is InChI=1S/C16H33N3O2/c1-16(2,3)14-13(8-6-11-21-14)12-19-15(17-4)18-9-7-10-20-5/h13-14H,6-12H2,1-5H3,(H2,17,18,19). The third-order valence-corrected chi connectivity index (χ3v) is 3.87. The van der Waals surface area contributed by atoms with Crippen LogP contribution in [0.5, 0.6) is 0 Å². The Morgan fingerprint density at radius 1 is 1.33 bits per heavy atom. The second kappa shape index (κ2) is 9.26. The predicted octanol–water partition coefficient (Wildman–Crippen LogP) is 2.03. The number of guanidine groups is 1. The van der Waals surface area contributed by atoms with Crippen molar-refractivity contribution in [2.24, 2.45) is 16.3 Å². The summed E-state index contributed by atoms with van der Waals surface area (Å²) in [5.41, 5.74) is 0.183. The van der Waals surface area contributed by atoms with Gasteiger partial charge in [0.25, 0.3) is 0 Å². The molecule has 1 heterocycles. The largest absolute Gasteiger partial charge is 0.385 e. The molecule has 2 atom stereocenters. The number of aliphatic imine (C=N–C) groups is 1. The Morgan fingerprint density at radius 3 is 2.71 bits per heavy atom. The summed E-state index contributed by atoms with van der Waals surface area (Å²) in [5.74, 6) is 1.40. The average molecular weight is 299 g/mol. The van der Waals surface area contributed by atoms with Crippen LogP contribution in [0.15, 0.2) is 4.99 Å². The number of ether oxygens (including phenoxy) is 2. The smallest absolute Gasteiger partial charge is 0.190 e. The van der Waals surface area contributed by atoms with Crippen LogP contribution in [0, 0.1) is 11.3 Å². The van der Waals surface area contributed by atoms with E-state index in [0.717, 1.165) is 45.1 Å². The fourth-order valence-electron chi connectivity index (χ4n) is 2.88. The van der Waals surface area contributed by atoms with E-state index < -0.39 is 0 Å². The van der Waals surface area contributed by atoms with E-state index in [-0.39, 0.29) is 5.41 Å². The van der Waals surface area contributed by atoms with Gasteiger partial charge in [-0.2, -0.15) is 0 Å². The maximum atomic E-state index is 6.02. The molecule has 0 aromatic heterocycles. The van der Waals surface area contributed by atoms with Gasteiger partial charge in [0.05, 0.1) is 6.10 Å². The molecular formula is C16H33N3O2. The first-order valence-corrected chi connectivity index (χ1v) is 8.04. The minimum Gasteiger partial charge on any atom is -0.385 e. The zero-order chi connectivity index (χ0) is 15.7. The summed E-state index contributed by atoms with van der Waals surface area (Å²) < 4.78 is 11.1. The zero-order valence-electron chi connectivity index (χ0n) is 14.4. The van der Waals surface area contributed by atoms with Crippen LogP contribution in [0.1, 0.15) is 40.0 Å². The number of nitrogens with one attached hydrogen (secondary N) is 2. The Labute approximate surface area is 129 Å². The number of hydrogen-bond acceptors (Lipinski definition) is 3. The first kappa shape index (κ1) is 18.2. The summed E-state index contributed by atoms with van der Waals surface area (Å²) in [6.07, 6.45) is 3.66. The second-order valence-corrected chi connectivity index (χ2v) is 6.79. The van der Waals surface area contributed by atoms with Crippen molar-refractivity contribution in [1.82, 2.24) is 10.6 Å². The highest BCUT2D eigenvalue weighted by atomic mass is 16.5. The quantitative estimate of drug-likeness (QED) is 0.448. The van der Waals surface area contributed by atoms with Gasteiger partial charge in [-0.3, -0.25) is 4.99 Å². The van der Waals surface area contributed by atoms with Crippen LogP contribution in [0.4, 0.5) is 0 Å². The molecule has 1 saturated heterocycles. The van der Waals surface area contributed by atoms with E-state index >= 15 is 0 Å². The molecule has 21 heavy (non-hydrogen) atoms. The van der Waals surface area contributed by atoms with Crippen LogP contribution in [-0.4, -0.2) is 52.5 Å². The molecule has 5 nitrogen and oxygen atoms in total. The molecule has 5 heteroatoms. The van der Waals surface area contributed by atoms with Gasteiger partial charge < -0.3 is 20.1 Å². The van der Waals surface area contributed by atoms with Gasteiger partial charge in [-0.15, -0.1) is 0 Å². The fraction of sp³-hybridized carbons (Fsp3) is 0.938. The summed E-state index contributed by atoms with van der Waals surface area (Å²) >= 11 is 0. The molecule has 0 aromatic carbocycles. The van der Waals surface area contributed by atoms with E-state index in [9.17, 15) is 0 Å². The molecule has 0 amide bonds. The molecular weight excluding hydrogens is 266 g/mol. The van der Waals surface area contributed by atoms with E-state index in [0.29, 0.717) is 12.0 Å². The lowest BCUT2D eigenvalue weighted by atomic mass is 9.78. The molecule has 0 bridgehead atoms. The van der Waals surface area contributed by atoms with Crippen LogP contribution >= 0.6 is 0 Å². The Hall–Kier alpha value is -0.810. The highest BCUT2D eigenvalue weighted by molar-refractivity contribution is 5.79. The molecule has 1 aliphatic heterocycles. The Morgan fingerprint density at radius 2 is 2.10 bits per heavy atom. The molecule has 0 aliphatic carbocycles. The molecule has 1 fully saturated rings. The van der Waals surface area contributed by atoms with Gasteiger partial charge in [0.1, 0.15) is 0 Å². The molecule has 124 valence electrons. The van der Waals surface area contributed by atoms with Gasteiger partial charge >= 0.3 is 0 Å². The van der Waals surface area contributed by atoms with Crippen molar-refractivity contribution in [2.75, 3.05) is 40.5 Å². The first-order chi connectivity index (χ1) is 9.99. The molecule has 0 aromatic rings. The van der Waals surface area contributed by atoms with Crippen molar-refractivity contribution in [2.45, 2.75) is 46.1 Å². The Balaban J connectivity index is 2.39.